The summed E-state index contributed by atoms with van der Waals surface area (Å²) in [5.74, 6) is -14.5. The van der Waals surface area contributed by atoms with E-state index in [1.54, 1.807) is 0 Å². The van der Waals surface area contributed by atoms with Crippen molar-refractivity contribution in [1.29, 1.82) is 0 Å². The van der Waals surface area contributed by atoms with Crippen molar-refractivity contribution in [2.24, 2.45) is 0 Å². The SMILES string of the molecule is CCCc1cc(C(=O)Oc2c(F)c(F)c(F)c(F)c2F)ncc1N1CCN(C(=O)O)CC1. The van der Waals surface area contributed by atoms with Crippen LogP contribution in [0.15, 0.2) is 12.3 Å². The normalized spacial score (nSPS) is 13.9. The van der Waals surface area contributed by atoms with Crippen LogP contribution in [-0.2, 0) is 6.42 Å². The third-order valence-electron chi connectivity index (χ3n) is 4.95. The Hall–Kier alpha value is -3.44. The van der Waals surface area contributed by atoms with Gasteiger partial charge in [0, 0.05) is 26.2 Å². The number of piperazine rings is 1. The molecule has 0 unspecified atom stereocenters. The zero-order chi connectivity index (χ0) is 23.6. The second-order valence-electron chi connectivity index (χ2n) is 6.99. The first kappa shape index (κ1) is 23.2. The van der Waals surface area contributed by atoms with Gasteiger partial charge in [-0.05, 0) is 18.1 Å². The van der Waals surface area contributed by atoms with Gasteiger partial charge in [-0.3, -0.25) is 0 Å². The second kappa shape index (κ2) is 9.37. The van der Waals surface area contributed by atoms with Gasteiger partial charge in [-0.2, -0.15) is 8.78 Å². The molecular formula is C20H18F5N3O4. The Balaban J connectivity index is 1.86. The van der Waals surface area contributed by atoms with E-state index in [2.05, 4.69) is 9.72 Å². The van der Waals surface area contributed by atoms with E-state index in [0.717, 1.165) is 0 Å². The highest BCUT2D eigenvalue weighted by atomic mass is 19.2. The smallest absolute Gasteiger partial charge is 0.407 e. The number of anilines is 1. The molecule has 1 aliphatic rings. The molecule has 1 fully saturated rings. The molecule has 7 nitrogen and oxygen atoms in total. The van der Waals surface area contributed by atoms with Crippen LogP contribution in [0.25, 0.3) is 0 Å². The molecular weight excluding hydrogens is 441 g/mol. The van der Waals surface area contributed by atoms with Crippen molar-refractivity contribution in [3.8, 4) is 5.75 Å². The Morgan fingerprint density at radius 1 is 1.00 bits per heavy atom. The van der Waals surface area contributed by atoms with Crippen LogP contribution in [0.3, 0.4) is 0 Å². The highest BCUT2D eigenvalue weighted by molar-refractivity contribution is 5.89. The second-order valence-corrected chi connectivity index (χ2v) is 6.99. The maximum Gasteiger partial charge on any atom is 0.407 e. The number of aryl methyl sites for hydroxylation is 1. The minimum absolute atomic E-state index is 0.269. The van der Waals surface area contributed by atoms with Gasteiger partial charge in [-0.15, -0.1) is 0 Å². The Morgan fingerprint density at radius 3 is 2.09 bits per heavy atom. The highest BCUT2D eigenvalue weighted by Crippen LogP contribution is 2.30. The van der Waals surface area contributed by atoms with Crippen molar-refractivity contribution in [3.05, 3.63) is 52.6 Å². The van der Waals surface area contributed by atoms with Crippen molar-refractivity contribution >= 4 is 17.7 Å². The minimum Gasteiger partial charge on any atom is -0.465 e. The predicted molar refractivity (Wildman–Crippen MR) is 101 cm³/mol. The van der Waals surface area contributed by atoms with Crippen molar-refractivity contribution in [1.82, 2.24) is 9.88 Å². The van der Waals surface area contributed by atoms with Gasteiger partial charge in [0.15, 0.2) is 0 Å². The van der Waals surface area contributed by atoms with Crippen molar-refractivity contribution in [3.63, 3.8) is 0 Å². The fourth-order valence-electron chi connectivity index (χ4n) is 3.31. The fourth-order valence-corrected chi connectivity index (χ4v) is 3.31. The van der Waals surface area contributed by atoms with Crippen LogP contribution in [0.2, 0.25) is 0 Å². The number of carboxylic acid groups (broad SMARTS) is 1. The molecule has 1 saturated heterocycles. The summed E-state index contributed by atoms with van der Waals surface area (Å²) < 4.78 is 71.9. The molecule has 1 aliphatic heterocycles. The third kappa shape index (κ3) is 4.43. The zero-order valence-electron chi connectivity index (χ0n) is 16.8. The Kier molecular flexibility index (Phi) is 6.80. The van der Waals surface area contributed by atoms with Gasteiger partial charge >= 0.3 is 12.1 Å². The number of ether oxygens (including phenoxy) is 1. The van der Waals surface area contributed by atoms with E-state index in [1.807, 2.05) is 11.8 Å². The molecule has 12 heteroatoms. The first-order valence-corrected chi connectivity index (χ1v) is 9.61. The molecule has 0 spiro atoms. The van der Waals surface area contributed by atoms with Crippen LogP contribution in [-0.4, -0.2) is 53.2 Å². The minimum atomic E-state index is -2.37. The standard InChI is InChI=1S/C20H18F5N3O4/c1-2-3-10-8-11(26-9-12(10)27-4-6-28(7-5-27)20(30)31)19(29)32-18-16(24)14(22)13(21)15(23)17(18)25/h8-9H,2-7H2,1H3,(H,30,31). The molecule has 0 bridgehead atoms. The average molecular weight is 459 g/mol. The van der Waals surface area contributed by atoms with Crippen LogP contribution in [0.5, 0.6) is 5.75 Å². The lowest BCUT2D eigenvalue weighted by Crippen LogP contribution is -2.48. The summed E-state index contributed by atoms with van der Waals surface area (Å²) in [4.78, 5) is 30.5. The van der Waals surface area contributed by atoms with Crippen molar-refractivity contribution < 1.29 is 41.4 Å². The number of carbonyl (C=O) groups excluding carboxylic acids is 1. The zero-order valence-corrected chi connectivity index (χ0v) is 16.8. The van der Waals surface area contributed by atoms with Crippen LogP contribution in [0, 0.1) is 29.1 Å². The van der Waals surface area contributed by atoms with Crippen LogP contribution >= 0.6 is 0 Å². The number of pyridine rings is 1. The molecule has 2 heterocycles. The van der Waals surface area contributed by atoms with Crippen molar-refractivity contribution in [2.75, 3.05) is 31.1 Å². The topological polar surface area (TPSA) is 83.0 Å². The van der Waals surface area contributed by atoms with E-state index in [-0.39, 0.29) is 18.8 Å². The van der Waals surface area contributed by atoms with E-state index in [9.17, 15) is 31.5 Å². The summed E-state index contributed by atoms with van der Waals surface area (Å²) >= 11 is 0. The summed E-state index contributed by atoms with van der Waals surface area (Å²) in [5, 5.41) is 9.06. The number of halogens is 5. The van der Waals surface area contributed by atoms with E-state index < -0.39 is 46.9 Å². The van der Waals surface area contributed by atoms with Crippen LogP contribution < -0.4 is 9.64 Å². The van der Waals surface area contributed by atoms with E-state index in [1.165, 1.54) is 17.2 Å². The largest absolute Gasteiger partial charge is 0.465 e. The van der Waals surface area contributed by atoms with Crippen molar-refractivity contribution in [2.45, 2.75) is 19.8 Å². The van der Waals surface area contributed by atoms with E-state index >= 15 is 0 Å². The number of esters is 1. The first-order valence-electron chi connectivity index (χ1n) is 9.61. The van der Waals surface area contributed by atoms with Gasteiger partial charge < -0.3 is 19.6 Å². The molecule has 0 atom stereocenters. The molecule has 1 aromatic heterocycles. The first-order chi connectivity index (χ1) is 15.1. The number of aromatic nitrogens is 1. The molecule has 1 amide bonds. The van der Waals surface area contributed by atoms with Gasteiger partial charge in [0.25, 0.3) is 0 Å². The lowest BCUT2D eigenvalue weighted by molar-refractivity contribution is 0.0709. The third-order valence-corrected chi connectivity index (χ3v) is 4.95. The Bertz CT molecular complexity index is 1030. The van der Waals surface area contributed by atoms with Crippen LogP contribution in [0.4, 0.5) is 32.4 Å². The lowest BCUT2D eigenvalue weighted by atomic mass is 10.1. The number of rotatable bonds is 5. The summed E-state index contributed by atoms with van der Waals surface area (Å²) in [5.41, 5.74) is 0.894. The molecule has 0 saturated carbocycles. The Labute approximate surface area is 179 Å². The van der Waals surface area contributed by atoms with E-state index in [0.29, 0.717) is 37.2 Å². The number of hydrogen-bond acceptors (Lipinski definition) is 5. The highest BCUT2D eigenvalue weighted by Gasteiger charge is 2.29. The number of carbonyl (C=O) groups is 2. The van der Waals surface area contributed by atoms with Gasteiger partial charge in [0.1, 0.15) is 5.69 Å². The van der Waals surface area contributed by atoms with Gasteiger partial charge in [-0.1, -0.05) is 13.3 Å². The van der Waals surface area contributed by atoms with Crippen LogP contribution in [0.1, 0.15) is 29.4 Å². The molecule has 1 N–H and O–H groups in total. The van der Waals surface area contributed by atoms with Gasteiger partial charge in [0.2, 0.25) is 34.8 Å². The molecule has 2 aromatic rings. The molecule has 1 aromatic carbocycles. The fraction of sp³-hybridized carbons (Fsp3) is 0.350. The molecule has 0 radical (unpaired) electrons. The quantitative estimate of drug-likeness (QED) is 0.241. The maximum absolute atomic E-state index is 13.8. The molecule has 3 rings (SSSR count). The summed E-state index contributed by atoms with van der Waals surface area (Å²) in [7, 11) is 0. The maximum atomic E-state index is 13.8. The molecule has 0 aliphatic carbocycles. The monoisotopic (exact) mass is 459 g/mol. The average Bonchev–Trinajstić information content (AvgIpc) is 2.79. The predicted octanol–water partition coefficient (Wildman–Crippen LogP) is 3.75. The van der Waals surface area contributed by atoms with Gasteiger partial charge in [0.05, 0.1) is 11.9 Å². The molecule has 172 valence electrons. The number of benzene rings is 1. The molecule has 32 heavy (non-hydrogen) atoms. The number of amides is 1. The lowest BCUT2D eigenvalue weighted by Gasteiger charge is -2.35. The number of nitrogens with zero attached hydrogens (tertiary/aromatic N) is 3. The number of hydrogen-bond donors (Lipinski definition) is 1. The summed E-state index contributed by atoms with van der Waals surface area (Å²) in [6.07, 6.45) is 1.46. The summed E-state index contributed by atoms with van der Waals surface area (Å²) in [6, 6.07) is 1.32. The Morgan fingerprint density at radius 2 is 1.56 bits per heavy atom. The van der Waals surface area contributed by atoms with E-state index in [4.69, 9.17) is 5.11 Å². The van der Waals surface area contributed by atoms with Gasteiger partial charge in [-0.25, -0.2) is 27.7 Å². The summed E-state index contributed by atoms with van der Waals surface area (Å²) in [6.45, 7) is 3.19.